The van der Waals surface area contributed by atoms with Crippen LogP contribution in [0.5, 0.6) is 0 Å². The summed E-state index contributed by atoms with van der Waals surface area (Å²) >= 11 is 2.72. The summed E-state index contributed by atoms with van der Waals surface area (Å²) in [6.07, 6.45) is 0.177. The van der Waals surface area contributed by atoms with E-state index in [0.717, 1.165) is 21.2 Å². The van der Waals surface area contributed by atoms with E-state index < -0.39 is 0 Å². The SMILES string of the molecule is Cc1ccc(C)c(NC(=O)Cc2csc(SCC(=O)c3ccc(F)cc3)n2)c1. The summed E-state index contributed by atoms with van der Waals surface area (Å²) in [5.41, 5.74) is 4.04. The largest absolute Gasteiger partial charge is 0.325 e. The molecule has 0 atom stereocenters. The Labute approximate surface area is 171 Å². The lowest BCUT2D eigenvalue weighted by molar-refractivity contribution is -0.115. The number of ketones is 1. The maximum atomic E-state index is 12.9. The molecule has 0 radical (unpaired) electrons. The van der Waals surface area contributed by atoms with Crippen molar-refractivity contribution in [1.82, 2.24) is 4.98 Å². The van der Waals surface area contributed by atoms with E-state index in [0.29, 0.717) is 11.3 Å². The zero-order valence-corrected chi connectivity index (χ0v) is 17.1. The Hall–Kier alpha value is -2.51. The molecule has 0 spiro atoms. The van der Waals surface area contributed by atoms with Gasteiger partial charge in [-0.05, 0) is 55.3 Å². The first-order chi connectivity index (χ1) is 13.4. The number of amides is 1. The molecular formula is C21H19FN2O2S2. The van der Waals surface area contributed by atoms with E-state index in [-0.39, 0.29) is 29.7 Å². The van der Waals surface area contributed by atoms with Crippen LogP contribution in [0.1, 0.15) is 27.2 Å². The number of nitrogens with one attached hydrogen (secondary N) is 1. The van der Waals surface area contributed by atoms with Crippen LogP contribution in [-0.4, -0.2) is 22.4 Å². The summed E-state index contributed by atoms with van der Waals surface area (Å²) in [4.78, 5) is 28.9. The molecule has 0 saturated heterocycles. The molecule has 2 aromatic carbocycles. The highest BCUT2D eigenvalue weighted by Crippen LogP contribution is 2.24. The zero-order valence-electron chi connectivity index (χ0n) is 15.5. The van der Waals surface area contributed by atoms with Crippen molar-refractivity contribution in [3.8, 4) is 0 Å². The molecule has 1 N–H and O–H groups in total. The van der Waals surface area contributed by atoms with E-state index in [1.54, 1.807) is 0 Å². The topological polar surface area (TPSA) is 59.1 Å². The van der Waals surface area contributed by atoms with Crippen molar-refractivity contribution in [1.29, 1.82) is 0 Å². The minimum atomic E-state index is -0.368. The van der Waals surface area contributed by atoms with Crippen LogP contribution in [0.2, 0.25) is 0 Å². The first kappa shape index (κ1) is 20.2. The molecule has 0 saturated carbocycles. The molecule has 1 heterocycles. The van der Waals surface area contributed by atoms with Gasteiger partial charge in [-0.1, -0.05) is 23.9 Å². The van der Waals surface area contributed by atoms with Gasteiger partial charge in [0.1, 0.15) is 5.82 Å². The molecule has 1 amide bonds. The Kier molecular flexibility index (Phi) is 6.59. The highest BCUT2D eigenvalue weighted by Gasteiger charge is 2.12. The molecular weight excluding hydrogens is 395 g/mol. The number of rotatable bonds is 7. The van der Waals surface area contributed by atoms with Crippen LogP contribution in [0, 0.1) is 19.7 Å². The van der Waals surface area contributed by atoms with E-state index in [1.807, 2.05) is 37.4 Å². The van der Waals surface area contributed by atoms with Crippen molar-refractivity contribution >= 4 is 40.5 Å². The second kappa shape index (κ2) is 9.12. The Balaban J connectivity index is 1.53. The minimum absolute atomic E-state index is 0.0885. The lowest BCUT2D eigenvalue weighted by atomic mass is 10.1. The van der Waals surface area contributed by atoms with Crippen molar-refractivity contribution in [3.05, 3.63) is 76.0 Å². The van der Waals surface area contributed by atoms with Gasteiger partial charge in [-0.25, -0.2) is 9.37 Å². The number of hydrogen-bond donors (Lipinski definition) is 1. The van der Waals surface area contributed by atoms with Gasteiger partial charge in [0.25, 0.3) is 0 Å². The quantitative estimate of drug-likeness (QED) is 0.434. The van der Waals surface area contributed by atoms with Crippen LogP contribution >= 0.6 is 23.1 Å². The summed E-state index contributed by atoms with van der Waals surface area (Å²) in [7, 11) is 0. The van der Waals surface area contributed by atoms with Crippen LogP contribution < -0.4 is 5.32 Å². The van der Waals surface area contributed by atoms with E-state index >= 15 is 0 Å². The number of thiazole rings is 1. The average Bonchev–Trinajstić information content (AvgIpc) is 3.10. The van der Waals surface area contributed by atoms with E-state index in [4.69, 9.17) is 0 Å². The van der Waals surface area contributed by atoms with Gasteiger partial charge in [-0.2, -0.15) is 0 Å². The maximum absolute atomic E-state index is 12.9. The van der Waals surface area contributed by atoms with Crippen LogP contribution in [0.4, 0.5) is 10.1 Å². The third-order valence-corrected chi connectivity index (χ3v) is 6.10. The number of hydrogen-bond acceptors (Lipinski definition) is 5. The molecule has 3 rings (SSSR count). The zero-order chi connectivity index (χ0) is 20.1. The minimum Gasteiger partial charge on any atom is -0.325 e. The second-order valence-corrected chi connectivity index (χ2v) is 8.45. The van der Waals surface area contributed by atoms with Crippen molar-refractivity contribution < 1.29 is 14.0 Å². The monoisotopic (exact) mass is 414 g/mol. The fraction of sp³-hybridized carbons (Fsp3) is 0.190. The Morgan fingerprint density at radius 3 is 2.64 bits per heavy atom. The summed E-state index contributed by atoms with van der Waals surface area (Å²) < 4.78 is 13.7. The average molecular weight is 415 g/mol. The van der Waals surface area contributed by atoms with Gasteiger partial charge in [-0.3, -0.25) is 9.59 Å². The molecule has 3 aromatic rings. The smallest absolute Gasteiger partial charge is 0.230 e. The number of anilines is 1. The van der Waals surface area contributed by atoms with E-state index in [1.165, 1.54) is 47.4 Å². The van der Waals surface area contributed by atoms with Gasteiger partial charge >= 0.3 is 0 Å². The number of carbonyl (C=O) groups is 2. The van der Waals surface area contributed by atoms with Crippen molar-refractivity contribution in [2.75, 3.05) is 11.1 Å². The number of aryl methyl sites for hydroxylation is 2. The molecule has 1 aromatic heterocycles. The summed E-state index contributed by atoms with van der Waals surface area (Å²) in [5.74, 6) is -0.368. The van der Waals surface area contributed by atoms with Gasteiger partial charge in [0.05, 0.1) is 17.9 Å². The molecule has 0 aliphatic carbocycles. The van der Waals surface area contributed by atoms with Gasteiger partial charge in [0.2, 0.25) is 5.91 Å². The van der Waals surface area contributed by atoms with Crippen molar-refractivity contribution in [2.45, 2.75) is 24.6 Å². The molecule has 0 aliphatic heterocycles. The Bertz CT molecular complexity index is 1000. The molecule has 0 bridgehead atoms. The van der Waals surface area contributed by atoms with Crippen LogP contribution in [0.25, 0.3) is 0 Å². The molecule has 0 unspecified atom stereocenters. The van der Waals surface area contributed by atoms with Gasteiger partial charge in [0, 0.05) is 16.6 Å². The van der Waals surface area contributed by atoms with Gasteiger partial charge in [-0.15, -0.1) is 11.3 Å². The third kappa shape index (κ3) is 5.50. The maximum Gasteiger partial charge on any atom is 0.230 e. The highest BCUT2D eigenvalue weighted by molar-refractivity contribution is 8.01. The predicted molar refractivity (Wildman–Crippen MR) is 112 cm³/mol. The number of halogens is 1. The Morgan fingerprint density at radius 1 is 1.14 bits per heavy atom. The van der Waals surface area contributed by atoms with Crippen LogP contribution in [0.15, 0.2) is 52.2 Å². The number of nitrogens with zero attached hydrogens (tertiary/aromatic N) is 1. The van der Waals surface area contributed by atoms with Crippen LogP contribution in [0.3, 0.4) is 0 Å². The fourth-order valence-corrected chi connectivity index (χ4v) is 4.25. The summed E-state index contributed by atoms with van der Waals surface area (Å²) in [5, 5.41) is 4.75. The second-order valence-electron chi connectivity index (χ2n) is 6.37. The van der Waals surface area contributed by atoms with Crippen molar-refractivity contribution in [3.63, 3.8) is 0 Å². The number of Topliss-reactive ketones (excluding diaryl/α,β-unsaturated/α-hetero) is 1. The predicted octanol–water partition coefficient (Wildman–Crippen LogP) is 5.06. The molecule has 7 heteroatoms. The summed E-state index contributed by atoms with van der Waals surface area (Å²) in [6, 6.07) is 11.4. The van der Waals surface area contributed by atoms with E-state index in [2.05, 4.69) is 10.3 Å². The molecule has 144 valence electrons. The van der Waals surface area contributed by atoms with Crippen LogP contribution in [-0.2, 0) is 11.2 Å². The van der Waals surface area contributed by atoms with Gasteiger partial charge < -0.3 is 5.32 Å². The lowest BCUT2D eigenvalue weighted by Gasteiger charge is -2.08. The normalized spacial score (nSPS) is 10.7. The lowest BCUT2D eigenvalue weighted by Crippen LogP contribution is -2.15. The molecule has 28 heavy (non-hydrogen) atoms. The number of aromatic nitrogens is 1. The Morgan fingerprint density at radius 2 is 1.89 bits per heavy atom. The first-order valence-electron chi connectivity index (χ1n) is 8.64. The first-order valence-corrected chi connectivity index (χ1v) is 10.5. The summed E-state index contributed by atoms with van der Waals surface area (Å²) in [6.45, 7) is 3.93. The molecule has 4 nitrogen and oxygen atoms in total. The fourth-order valence-electron chi connectivity index (χ4n) is 2.51. The molecule has 0 fully saturated rings. The standard InChI is InChI=1S/C21H19FN2O2S2/c1-13-3-4-14(2)18(9-13)24-20(26)10-17-11-27-21(23-17)28-12-19(25)15-5-7-16(22)8-6-15/h3-9,11H,10,12H2,1-2H3,(H,24,26). The third-order valence-electron chi connectivity index (χ3n) is 4.03. The highest BCUT2D eigenvalue weighted by atomic mass is 32.2. The van der Waals surface area contributed by atoms with Gasteiger partial charge in [0.15, 0.2) is 10.1 Å². The number of carbonyl (C=O) groups excluding carboxylic acids is 2. The molecule has 0 aliphatic rings. The van der Waals surface area contributed by atoms with E-state index in [9.17, 15) is 14.0 Å². The number of benzene rings is 2. The van der Waals surface area contributed by atoms with Crippen molar-refractivity contribution in [2.24, 2.45) is 0 Å². The number of thioether (sulfide) groups is 1.